The lowest BCUT2D eigenvalue weighted by Crippen LogP contribution is -2.39. The number of aromatic nitrogens is 2. The van der Waals surface area contributed by atoms with Gasteiger partial charge in [0.15, 0.2) is 0 Å². The highest BCUT2D eigenvalue weighted by Crippen LogP contribution is 2.41. The molecule has 4 rings (SSSR count). The van der Waals surface area contributed by atoms with Crippen LogP contribution in [0.5, 0.6) is 0 Å². The predicted octanol–water partition coefficient (Wildman–Crippen LogP) is 3.92. The molecular formula is C20H22Cl2N4O2. The Morgan fingerprint density at radius 3 is 2.46 bits per heavy atom. The normalized spacial score (nSPS) is 23.7. The van der Waals surface area contributed by atoms with Gasteiger partial charge in [-0.05, 0) is 42.4 Å². The number of carbonyl (C=O) groups is 2. The van der Waals surface area contributed by atoms with Crippen molar-refractivity contribution in [3.05, 3.63) is 52.3 Å². The molecule has 2 aromatic rings. The molecule has 1 saturated carbocycles. The fourth-order valence-electron chi connectivity index (χ4n) is 4.56. The summed E-state index contributed by atoms with van der Waals surface area (Å²) in [6.07, 6.45) is 4.82. The fourth-order valence-corrected chi connectivity index (χ4v) is 4.91. The number of halogens is 2. The van der Waals surface area contributed by atoms with Crippen molar-refractivity contribution in [3.63, 3.8) is 0 Å². The van der Waals surface area contributed by atoms with E-state index in [2.05, 4.69) is 5.10 Å². The summed E-state index contributed by atoms with van der Waals surface area (Å²) in [6, 6.07) is 7.70. The van der Waals surface area contributed by atoms with Gasteiger partial charge in [0, 0.05) is 37.6 Å². The number of hydrogen-bond acceptors (Lipinski definition) is 3. The highest BCUT2D eigenvalue weighted by Gasteiger charge is 2.44. The van der Waals surface area contributed by atoms with Gasteiger partial charge in [0.05, 0.1) is 17.4 Å². The lowest BCUT2D eigenvalue weighted by atomic mass is 10.0. The fraction of sp³-hybridized carbons (Fsp3) is 0.450. The van der Waals surface area contributed by atoms with Gasteiger partial charge in [0.25, 0.3) is 0 Å². The molecule has 2 fully saturated rings. The Balaban J connectivity index is 1.40. The zero-order chi connectivity index (χ0) is 19.8. The Hall–Kier alpha value is -2.05. The molecule has 6 nitrogen and oxygen atoms in total. The lowest BCUT2D eigenvalue weighted by Gasteiger charge is -2.29. The van der Waals surface area contributed by atoms with E-state index < -0.39 is 0 Å². The van der Waals surface area contributed by atoms with Crippen LogP contribution in [0, 0.1) is 11.8 Å². The van der Waals surface area contributed by atoms with Crippen LogP contribution in [0.1, 0.15) is 25.3 Å². The van der Waals surface area contributed by atoms with Crippen LogP contribution in [-0.4, -0.2) is 50.6 Å². The molecule has 2 aliphatic rings. The van der Waals surface area contributed by atoms with E-state index in [1.54, 1.807) is 6.92 Å². The van der Waals surface area contributed by atoms with E-state index in [0.717, 1.165) is 18.4 Å². The highest BCUT2D eigenvalue weighted by molar-refractivity contribution is 6.30. The summed E-state index contributed by atoms with van der Waals surface area (Å²) in [5.41, 5.74) is 1.03. The number of fused-ring (bicyclic) bond motifs is 1. The first kappa shape index (κ1) is 19.3. The third-order valence-corrected chi connectivity index (χ3v) is 6.26. The quantitative estimate of drug-likeness (QED) is 0.755. The number of carbonyl (C=O) groups excluding carboxylic acids is 2. The zero-order valence-corrected chi connectivity index (χ0v) is 17.1. The highest BCUT2D eigenvalue weighted by atomic mass is 35.5. The number of rotatable bonds is 3. The van der Waals surface area contributed by atoms with E-state index in [1.807, 2.05) is 34.1 Å². The molecule has 3 atom stereocenters. The Bertz CT molecular complexity index is 886. The van der Waals surface area contributed by atoms with E-state index in [4.69, 9.17) is 23.2 Å². The molecule has 1 aliphatic heterocycles. The Kier molecular flexibility index (Phi) is 5.34. The van der Waals surface area contributed by atoms with Gasteiger partial charge < -0.3 is 9.80 Å². The molecule has 1 aromatic carbocycles. The van der Waals surface area contributed by atoms with Gasteiger partial charge in [-0.15, -0.1) is 0 Å². The van der Waals surface area contributed by atoms with Crippen LogP contribution in [0.25, 0.3) is 0 Å². The van der Waals surface area contributed by atoms with Crippen molar-refractivity contribution in [2.45, 2.75) is 32.4 Å². The van der Waals surface area contributed by atoms with Crippen molar-refractivity contribution in [2.24, 2.45) is 11.8 Å². The minimum atomic E-state index is -0.139. The molecule has 1 aliphatic carbocycles. The Morgan fingerprint density at radius 1 is 1.18 bits per heavy atom. The second-order valence-corrected chi connectivity index (χ2v) is 8.59. The van der Waals surface area contributed by atoms with Crippen LogP contribution in [0.4, 0.5) is 4.79 Å². The van der Waals surface area contributed by atoms with Crippen LogP contribution >= 0.6 is 23.2 Å². The molecule has 1 saturated heterocycles. The molecule has 2 amide bonds. The van der Waals surface area contributed by atoms with Crippen molar-refractivity contribution in [2.75, 3.05) is 13.1 Å². The Labute approximate surface area is 174 Å². The maximum Gasteiger partial charge on any atom is 0.344 e. The maximum absolute atomic E-state index is 12.6. The second kappa shape index (κ2) is 7.76. The molecular weight excluding hydrogens is 399 g/mol. The molecule has 0 radical (unpaired) electrons. The van der Waals surface area contributed by atoms with E-state index in [9.17, 15) is 9.59 Å². The van der Waals surface area contributed by atoms with Crippen molar-refractivity contribution in [1.82, 2.24) is 19.6 Å². The first-order valence-electron chi connectivity index (χ1n) is 9.42. The summed E-state index contributed by atoms with van der Waals surface area (Å²) >= 11 is 12.0. The molecule has 148 valence electrons. The summed E-state index contributed by atoms with van der Waals surface area (Å²) in [7, 11) is 0. The Morgan fingerprint density at radius 2 is 1.89 bits per heavy atom. The average Bonchev–Trinajstić information content (AvgIpc) is 3.33. The number of benzene rings is 1. The zero-order valence-electron chi connectivity index (χ0n) is 15.6. The summed E-state index contributed by atoms with van der Waals surface area (Å²) < 4.78 is 1.29. The molecule has 0 N–H and O–H groups in total. The van der Waals surface area contributed by atoms with E-state index in [1.165, 1.54) is 17.1 Å². The largest absolute Gasteiger partial charge is 0.344 e. The van der Waals surface area contributed by atoms with Crippen LogP contribution in [0.2, 0.25) is 10.0 Å². The molecule has 0 spiro atoms. The smallest absolute Gasteiger partial charge is 0.336 e. The van der Waals surface area contributed by atoms with E-state index in [0.29, 0.717) is 41.5 Å². The van der Waals surface area contributed by atoms with E-state index >= 15 is 0 Å². The second-order valence-electron chi connectivity index (χ2n) is 7.71. The molecule has 2 heterocycles. The summed E-state index contributed by atoms with van der Waals surface area (Å²) in [6.45, 7) is 3.57. The van der Waals surface area contributed by atoms with Crippen LogP contribution in [0.15, 0.2) is 36.7 Å². The first-order chi connectivity index (χ1) is 13.4. The SMILES string of the molecule is CC(=O)N(Cc1cccc(Cl)c1)[C@H]1C[C@@H]2CN(C(=O)n3cc(Cl)cn3)C[C@@H]2C1. The van der Waals surface area contributed by atoms with Crippen LogP contribution in [0.3, 0.4) is 0 Å². The molecule has 0 unspecified atom stereocenters. The topological polar surface area (TPSA) is 58.4 Å². The standard InChI is InChI=1S/C20H22Cl2N4O2/c1-13(27)25(9-14-3-2-4-17(21)5-14)19-6-15-10-24(11-16(15)7-19)20(28)26-12-18(22)8-23-26/h2-5,8,12,15-16,19H,6-7,9-11H2,1H3/t15-,16+,19+. The number of nitrogens with zero attached hydrogens (tertiary/aromatic N) is 4. The predicted molar refractivity (Wildman–Crippen MR) is 107 cm³/mol. The van der Waals surface area contributed by atoms with Crippen molar-refractivity contribution in [1.29, 1.82) is 0 Å². The van der Waals surface area contributed by atoms with E-state index in [-0.39, 0.29) is 18.0 Å². The van der Waals surface area contributed by atoms with Gasteiger partial charge in [-0.1, -0.05) is 35.3 Å². The minimum Gasteiger partial charge on any atom is -0.336 e. The minimum absolute atomic E-state index is 0.0732. The third kappa shape index (κ3) is 3.89. The molecule has 0 bridgehead atoms. The molecule has 8 heteroatoms. The van der Waals surface area contributed by atoms with Crippen molar-refractivity contribution < 1.29 is 9.59 Å². The summed E-state index contributed by atoms with van der Waals surface area (Å²) in [5.74, 6) is 0.881. The third-order valence-electron chi connectivity index (χ3n) is 5.83. The monoisotopic (exact) mass is 420 g/mol. The summed E-state index contributed by atoms with van der Waals surface area (Å²) in [5, 5.41) is 5.13. The number of likely N-dealkylation sites (tertiary alicyclic amines) is 1. The molecule has 1 aromatic heterocycles. The van der Waals surface area contributed by atoms with Crippen molar-refractivity contribution in [3.8, 4) is 0 Å². The van der Waals surface area contributed by atoms with Crippen LogP contribution < -0.4 is 0 Å². The van der Waals surface area contributed by atoms with Crippen molar-refractivity contribution >= 4 is 35.1 Å². The number of hydrogen-bond donors (Lipinski definition) is 0. The first-order valence-corrected chi connectivity index (χ1v) is 10.2. The van der Waals surface area contributed by atoms with Gasteiger partial charge in [-0.3, -0.25) is 4.79 Å². The average molecular weight is 421 g/mol. The van der Waals surface area contributed by atoms with Gasteiger partial charge in [0.1, 0.15) is 0 Å². The van der Waals surface area contributed by atoms with Gasteiger partial charge >= 0.3 is 6.03 Å². The van der Waals surface area contributed by atoms with Gasteiger partial charge in [0.2, 0.25) is 5.91 Å². The maximum atomic E-state index is 12.6. The molecule has 28 heavy (non-hydrogen) atoms. The van der Waals surface area contributed by atoms with Crippen LogP contribution in [-0.2, 0) is 11.3 Å². The summed E-state index contributed by atoms with van der Waals surface area (Å²) in [4.78, 5) is 28.7. The van der Waals surface area contributed by atoms with Gasteiger partial charge in [-0.2, -0.15) is 9.78 Å². The van der Waals surface area contributed by atoms with Gasteiger partial charge in [-0.25, -0.2) is 4.79 Å². The number of amides is 2. The lowest BCUT2D eigenvalue weighted by molar-refractivity contribution is -0.131.